The Morgan fingerprint density at radius 1 is 1.48 bits per heavy atom. The average Bonchev–Trinajstić information content (AvgIpc) is 3.31. The number of likely N-dealkylation sites (N-methyl/N-ethyl adjacent to an activating group) is 1. The van der Waals surface area contributed by atoms with Gasteiger partial charge in [-0.1, -0.05) is 32.1 Å². The van der Waals surface area contributed by atoms with Crippen molar-refractivity contribution < 1.29 is 4.79 Å². The second-order valence-electron chi connectivity index (χ2n) is 6.00. The van der Waals surface area contributed by atoms with Gasteiger partial charge in [0, 0.05) is 24.4 Å². The highest BCUT2D eigenvalue weighted by atomic mass is 16.1. The largest absolute Gasteiger partial charge is 0.323 e. The van der Waals surface area contributed by atoms with Crippen LogP contribution < -0.4 is 5.32 Å². The Bertz CT molecular complexity index is 506. The molecule has 1 saturated carbocycles. The molecule has 0 heterocycles. The Morgan fingerprint density at radius 2 is 2.24 bits per heavy atom. The molecule has 1 aromatic rings. The van der Waals surface area contributed by atoms with E-state index in [9.17, 15) is 4.79 Å². The molecule has 1 N–H and O–H groups in total. The molecule has 1 atom stereocenters. The minimum atomic E-state index is -0.0551. The minimum Gasteiger partial charge on any atom is -0.323 e. The van der Waals surface area contributed by atoms with Crippen molar-refractivity contribution in [2.45, 2.75) is 45.1 Å². The van der Waals surface area contributed by atoms with Crippen LogP contribution >= 0.6 is 0 Å². The van der Waals surface area contributed by atoms with Gasteiger partial charge in [-0.2, -0.15) is 0 Å². The number of nitrogens with one attached hydrogen (secondary N) is 1. The van der Waals surface area contributed by atoms with Crippen molar-refractivity contribution in [3.63, 3.8) is 0 Å². The number of hydrogen-bond acceptors (Lipinski definition) is 2. The van der Waals surface area contributed by atoms with Gasteiger partial charge in [-0.15, -0.1) is 0 Å². The summed E-state index contributed by atoms with van der Waals surface area (Å²) < 4.78 is 0. The SMILES string of the molecule is CCC(C)c1cccc(NC(=O)/C=C/CN(C)C2CC2)c1. The summed E-state index contributed by atoms with van der Waals surface area (Å²) in [4.78, 5) is 14.2. The highest BCUT2D eigenvalue weighted by Crippen LogP contribution is 2.25. The van der Waals surface area contributed by atoms with Gasteiger partial charge in [0.05, 0.1) is 0 Å². The maximum absolute atomic E-state index is 11.9. The van der Waals surface area contributed by atoms with E-state index in [1.54, 1.807) is 6.08 Å². The van der Waals surface area contributed by atoms with Gasteiger partial charge in [-0.25, -0.2) is 0 Å². The van der Waals surface area contributed by atoms with Gasteiger partial charge >= 0.3 is 0 Å². The Kier molecular flexibility index (Phi) is 5.57. The first kappa shape index (κ1) is 15.8. The first-order valence-electron chi connectivity index (χ1n) is 7.88. The number of hydrogen-bond donors (Lipinski definition) is 1. The zero-order valence-electron chi connectivity index (χ0n) is 13.3. The van der Waals surface area contributed by atoms with Crippen molar-refractivity contribution in [1.29, 1.82) is 0 Å². The van der Waals surface area contributed by atoms with E-state index in [4.69, 9.17) is 0 Å². The molecule has 1 aliphatic rings. The topological polar surface area (TPSA) is 32.3 Å². The van der Waals surface area contributed by atoms with E-state index in [0.717, 1.165) is 24.7 Å². The van der Waals surface area contributed by atoms with Crippen molar-refractivity contribution in [2.24, 2.45) is 0 Å². The monoisotopic (exact) mass is 286 g/mol. The predicted molar refractivity (Wildman–Crippen MR) is 88.6 cm³/mol. The van der Waals surface area contributed by atoms with Crippen LogP contribution in [0.4, 0.5) is 5.69 Å². The zero-order valence-corrected chi connectivity index (χ0v) is 13.3. The van der Waals surface area contributed by atoms with Crippen LogP contribution in [-0.4, -0.2) is 30.4 Å². The molecular formula is C18H26N2O. The van der Waals surface area contributed by atoms with Crippen LogP contribution in [0, 0.1) is 0 Å². The second-order valence-corrected chi connectivity index (χ2v) is 6.00. The van der Waals surface area contributed by atoms with E-state index in [2.05, 4.69) is 43.2 Å². The summed E-state index contributed by atoms with van der Waals surface area (Å²) in [6.45, 7) is 5.22. The molecule has 114 valence electrons. The van der Waals surface area contributed by atoms with Crippen molar-refractivity contribution in [3.8, 4) is 0 Å². The van der Waals surface area contributed by atoms with E-state index in [-0.39, 0.29) is 5.91 Å². The highest BCUT2D eigenvalue weighted by Gasteiger charge is 2.24. The van der Waals surface area contributed by atoms with E-state index in [1.165, 1.54) is 18.4 Å². The molecule has 3 heteroatoms. The molecular weight excluding hydrogens is 260 g/mol. The number of carbonyl (C=O) groups is 1. The third-order valence-electron chi connectivity index (χ3n) is 4.17. The van der Waals surface area contributed by atoms with E-state index in [0.29, 0.717) is 5.92 Å². The maximum atomic E-state index is 11.9. The maximum Gasteiger partial charge on any atom is 0.248 e. The molecule has 1 amide bonds. The van der Waals surface area contributed by atoms with E-state index < -0.39 is 0 Å². The minimum absolute atomic E-state index is 0.0551. The molecule has 1 unspecified atom stereocenters. The van der Waals surface area contributed by atoms with Gasteiger partial charge in [0.25, 0.3) is 0 Å². The van der Waals surface area contributed by atoms with Crippen LogP contribution in [0.15, 0.2) is 36.4 Å². The van der Waals surface area contributed by atoms with Gasteiger partial charge in [0.1, 0.15) is 0 Å². The Balaban J connectivity index is 1.85. The lowest BCUT2D eigenvalue weighted by Gasteiger charge is -2.12. The lowest BCUT2D eigenvalue weighted by atomic mass is 9.98. The van der Waals surface area contributed by atoms with Crippen LogP contribution in [0.3, 0.4) is 0 Å². The van der Waals surface area contributed by atoms with E-state index in [1.807, 2.05) is 18.2 Å². The Labute approximate surface area is 128 Å². The third kappa shape index (κ3) is 5.01. The standard InChI is InChI=1S/C18H26N2O/c1-4-14(2)15-7-5-8-16(13-15)19-18(21)9-6-12-20(3)17-10-11-17/h5-9,13-14,17H,4,10-12H2,1-3H3,(H,19,21)/b9-6+. The Morgan fingerprint density at radius 3 is 2.90 bits per heavy atom. The molecule has 1 aliphatic carbocycles. The molecule has 1 fully saturated rings. The first-order chi connectivity index (χ1) is 10.1. The van der Waals surface area contributed by atoms with Crippen LogP contribution in [-0.2, 0) is 4.79 Å². The lowest BCUT2D eigenvalue weighted by molar-refractivity contribution is -0.111. The second kappa shape index (κ2) is 7.41. The number of nitrogens with zero attached hydrogens (tertiary/aromatic N) is 1. The zero-order chi connectivity index (χ0) is 15.2. The summed E-state index contributed by atoms with van der Waals surface area (Å²) in [7, 11) is 2.11. The fraction of sp³-hybridized carbons (Fsp3) is 0.500. The molecule has 0 radical (unpaired) electrons. The molecule has 3 nitrogen and oxygen atoms in total. The van der Waals surface area contributed by atoms with Gasteiger partial charge in [-0.05, 0) is 49.9 Å². The lowest BCUT2D eigenvalue weighted by Crippen LogP contribution is -2.20. The molecule has 1 aromatic carbocycles. The van der Waals surface area contributed by atoms with Gasteiger partial charge in [0.2, 0.25) is 5.91 Å². The van der Waals surface area contributed by atoms with Gasteiger partial charge in [0.15, 0.2) is 0 Å². The predicted octanol–water partition coefficient (Wildman–Crippen LogP) is 3.79. The van der Waals surface area contributed by atoms with Crippen molar-refractivity contribution in [1.82, 2.24) is 4.90 Å². The quantitative estimate of drug-likeness (QED) is 0.773. The van der Waals surface area contributed by atoms with Crippen LogP contribution in [0.2, 0.25) is 0 Å². The summed E-state index contributed by atoms with van der Waals surface area (Å²) in [6.07, 6.45) is 7.25. The van der Waals surface area contributed by atoms with Gasteiger partial charge < -0.3 is 5.32 Å². The molecule has 2 rings (SSSR count). The molecule has 0 aromatic heterocycles. The normalized spacial score (nSPS) is 16.4. The van der Waals surface area contributed by atoms with Gasteiger partial charge in [-0.3, -0.25) is 9.69 Å². The summed E-state index contributed by atoms with van der Waals surface area (Å²) in [5.41, 5.74) is 2.14. The van der Waals surface area contributed by atoms with Crippen LogP contribution in [0.25, 0.3) is 0 Å². The first-order valence-corrected chi connectivity index (χ1v) is 7.88. The molecule has 21 heavy (non-hydrogen) atoms. The molecule has 0 saturated heterocycles. The molecule has 0 spiro atoms. The summed E-state index contributed by atoms with van der Waals surface area (Å²) in [5.74, 6) is 0.463. The van der Waals surface area contributed by atoms with E-state index >= 15 is 0 Å². The number of amides is 1. The third-order valence-corrected chi connectivity index (χ3v) is 4.17. The number of rotatable bonds is 7. The van der Waals surface area contributed by atoms with Crippen molar-refractivity contribution >= 4 is 11.6 Å². The number of carbonyl (C=O) groups excluding carboxylic acids is 1. The molecule has 0 bridgehead atoms. The smallest absolute Gasteiger partial charge is 0.248 e. The van der Waals surface area contributed by atoms with Crippen LogP contribution in [0.1, 0.15) is 44.6 Å². The Hall–Kier alpha value is -1.61. The summed E-state index contributed by atoms with van der Waals surface area (Å²) >= 11 is 0. The van der Waals surface area contributed by atoms with Crippen LogP contribution in [0.5, 0.6) is 0 Å². The average molecular weight is 286 g/mol. The molecule has 0 aliphatic heterocycles. The van der Waals surface area contributed by atoms with Crippen molar-refractivity contribution in [2.75, 3.05) is 18.9 Å². The summed E-state index contributed by atoms with van der Waals surface area (Å²) in [5, 5.41) is 2.94. The number of anilines is 1. The van der Waals surface area contributed by atoms with Crippen molar-refractivity contribution in [3.05, 3.63) is 42.0 Å². The fourth-order valence-electron chi connectivity index (χ4n) is 2.33. The summed E-state index contributed by atoms with van der Waals surface area (Å²) in [6, 6.07) is 8.85. The number of benzene rings is 1. The fourth-order valence-corrected chi connectivity index (χ4v) is 2.33. The highest BCUT2D eigenvalue weighted by molar-refractivity contribution is 5.99.